The maximum Gasteiger partial charge on any atom is 0.278 e. The molecule has 0 bridgehead atoms. The zero-order chi connectivity index (χ0) is 18.6. The Kier molecular flexibility index (Phi) is 6.70. The number of nitrogens with zero attached hydrogens (tertiary/aromatic N) is 3. The first-order chi connectivity index (χ1) is 11.9. The SMILES string of the molecule is CCCCN(C)C(=O)CSc1nc2cc(C)[nH]c2c(=O)n1[C@H](C)CC. The Labute approximate surface area is 153 Å². The summed E-state index contributed by atoms with van der Waals surface area (Å²) in [5.41, 5.74) is 2.04. The number of unbranched alkanes of at least 4 members (excludes halogenated alkanes) is 1. The molecule has 6 nitrogen and oxygen atoms in total. The van der Waals surface area contributed by atoms with Crippen LogP contribution in [0.3, 0.4) is 0 Å². The molecule has 1 amide bonds. The van der Waals surface area contributed by atoms with Crippen molar-refractivity contribution in [3.63, 3.8) is 0 Å². The van der Waals surface area contributed by atoms with Gasteiger partial charge in [0.05, 0.1) is 11.3 Å². The molecule has 2 heterocycles. The van der Waals surface area contributed by atoms with Crippen molar-refractivity contribution in [2.45, 2.75) is 58.2 Å². The standard InChI is InChI=1S/C18H28N4O2S/c1-6-8-9-21(5)15(23)11-25-18-20-14-10-12(3)19-16(14)17(24)22(18)13(4)7-2/h10,13,19H,6-9,11H2,1-5H3/t13-/m1/s1. The van der Waals surface area contributed by atoms with Gasteiger partial charge in [-0.15, -0.1) is 0 Å². The van der Waals surface area contributed by atoms with E-state index in [1.807, 2.05) is 33.9 Å². The van der Waals surface area contributed by atoms with E-state index in [0.29, 0.717) is 16.2 Å². The highest BCUT2D eigenvalue weighted by molar-refractivity contribution is 7.99. The molecular weight excluding hydrogens is 336 g/mol. The first-order valence-corrected chi connectivity index (χ1v) is 9.86. The normalized spacial score (nSPS) is 12.5. The molecule has 0 spiro atoms. The van der Waals surface area contributed by atoms with Gasteiger partial charge in [0.2, 0.25) is 5.91 Å². The minimum absolute atomic E-state index is 0.0310. The first-order valence-electron chi connectivity index (χ1n) is 8.87. The number of hydrogen-bond acceptors (Lipinski definition) is 4. The van der Waals surface area contributed by atoms with Crippen LogP contribution in [0.1, 0.15) is 51.8 Å². The van der Waals surface area contributed by atoms with Crippen molar-refractivity contribution in [3.05, 3.63) is 22.1 Å². The number of amides is 1. The number of rotatable bonds is 8. The van der Waals surface area contributed by atoms with Gasteiger partial charge in [0.1, 0.15) is 5.52 Å². The second-order valence-corrected chi connectivity index (χ2v) is 7.44. The third-order valence-electron chi connectivity index (χ3n) is 4.42. The lowest BCUT2D eigenvalue weighted by atomic mass is 10.2. The van der Waals surface area contributed by atoms with E-state index in [1.54, 1.807) is 9.47 Å². The first kappa shape index (κ1) is 19.6. The van der Waals surface area contributed by atoms with Crippen LogP contribution in [0.2, 0.25) is 0 Å². The summed E-state index contributed by atoms with van der Waals surface area (Å²) in [4.78, 5) is 34.7. The summed E-state index contributed by atoms with van der Waals surface area (Å²) in [6.07, 6.45) is 2.88. The van der Waals surface area contributed by atoms with E-state index < -0.39 is 0 Å². The Morgan fingerprint density at radius 3 is 2.80 bits per heavy atom. The van der Waals surface area contributed by atoms with Gasteiger partial charge in [0.15, 0.2) is 5.16 Å². The zero-order valence-corrected chi connectivity index (χ0v) is 16.6. The van der Waals surface area contributed by atoms with E-state index in [1.165, 1.54) is 11.8 Å². The van der Waals surface area contributed by atoms with E-state index in [2.05, 4.69) is 16.9 Å². The fraction of sp³-hybridized carbons (Fsp3) is 0.611. The van der Waals surface area contributed by atoms with E-state index in [0.717, 1.165) is 31.5 Å². The molecule has 7 heteroatoms. The van der Waals surface area contributed by atoms with Crippen LogP contribution in [0.25, 0.3) is 11.0 Å². The number of fused-ring (bicyclic) bond motifs is 1. The van der Waals surface area contributed by atoms with Crippen LogP contribution in [0.4, 0.5) is 0 Å². The van der Waals surface area contributed by atoms with Crippen LogP contribution in [-0.2, 0) is 4.79 Å². The molecular formula is C18H28N4O2S. The second kappa shape index (κ2) is 8.56. The highest BCUT2D eigenvalue weighted by Crippen LogP contribution is 2.23. The third-order valence-corrected chi connectivity index (χ3v) is 5.35. The Bertz CT molecular complexity index is 796. The number of carbonyl (C=O) groups excluding carboxylic acids is 1. The number of hydrogen-bond donors (Lipinski definition) is 1. The van der Waals surface area contributed by atoms with Gasteiger partial charge in [-0.05, 0) is 32.8 Å². The summed E-state index contributed by atoms with van der Waals surface area (Å²) >= 11 is 1.35. The van der Waals surface area contributed by atoms with Gasteiger partial charge in [-0.1, -0.05) is 32.0 Å². The van der Waals surface area contributed by atoms with Gasteiger partial charge in [-0.3, -0.25) is 14.2 Å². The summed E-state index contributed by atoms with van der Waals surface area (Å²) in [6, 6.07) is 1.90. The zero-order valence-electron chi connectivity index (χ0n) is 15.8. The minimum atomic E-state index is -0.0678. The van der Waals surface area contributed by atoms with Crippen LogP contribution < -0.4 is 5.56 Å². The lowest BCUT2D eigenvalue weighted by molar-refractivity contribution is -0.127. The topological polar surface area (TPSA) is 71.0 Å². The molecule has 0 aliphatic heterocycles. The number of aryl methyl sites for hydroxylation is 1. The van der Waals surface area contributed by atoms with Crippen molar-refractivity contribution in [1.29, 1.82) is 0 Å². The highest BCUT2D eigenvalue weighted by Gasteiger charge is 2.18. The number of H-pyrrole nitrogens is 1. The number of aromatic nitrogens is 3. The maximum absolute atomic E-state index is 12.9. The third kappa shape index (κ3) is 4.45. The van der Waals surface area contributed by atoms with E-state index in [-0.39, 0.29) is 23.3 Å². The molecule has 0 aliphatic carbocycles. The van der Waals surface area contributed by atoms with E-state index in [9.17, 15) is 9.59 Å². The van der Waals surface area contributed by atoms with Crippen LogP contribution in [0.15, 0.2) is 16.0 Å². The average Bonchev–Trinajstić information content (AvgIpc) is 2.97. The van der Waals surface area contributed by atoms with Gasteiger partial charge < -0.3 is 9.88 Å². The molecule has 0 aliphatic rings. The summed E-state index contributed by atoms with van der Waals surface area (Å²) in [6.45, 7) is 8.82. The number of aromatic amines is 1. The minimum Gasteiger partial charge on any atom is -0.353 e. The Balaban J connectivity index is 2.29. The molecule has 0 aromatic carbocycles. The van der Waals surface area contributed by atoms with Crippen LogP contribution in [0, 0.1) is 6.92 Å². The lowest BCUT2D eigenvalue weighted by Gasteiger charge is -2.19. The fourth-order valence-electron chi connectivity index (χ4n) is 2.62. The maximum atomic E-state index is 12.9. The van der Waals surface area contributed by atoms with Crippen molar-refractivity contribution < 1.29 is 4.79 Å². The average molecular weight is 365 g/mol. The summed E-state index contributed by atoms with van der Waals surface area (Å²) in [5.74, 6) is 0.353. The van der Waals surface area contributed by atoms with Crippen molar-refractivity contribution >= 4 is 28.7 Å². The van der Waals surface area contributed by atoms with Gasteiger partial charge in [-0.2, -0.15) is 0 Å². The molecule has 2 aromatic heterocycles. The highest BCUT2D eigenvalue weighted by atomic mass is 32.2. The monoisotopic (exact) mass is 364 g/mol. The van der Waals surface area contributed by atoms with Gasteiger partial charge in [0.25, 0.3) is 5.56 Å². The summed E-state index contributed by atoms with van der Waals surface area (Å²) < 4.78 is 1.71. The predicted octanol–water partition coefficient (Wildman–Crippen LogP) is 3.35. The largest absolute Gasteiger partial charge is 0.353 e. The predicted molar refractivity (Wildman–Crippen MR) is 103 cm³/mol. The molecule has 0 unspecified atom stereocenters. The lowest BCUT2D eigenvalue weighted by Crippen LogP contribution is -2.30. The van der Waals surface area contributed by atoms with Crippen LogP contribution >= 0.6 is 11.8 Å². The molecule has 0 saturated heterocycles. The smallest absolute Gasteiger partial charge is 0.278 e. The van der Waals surface area contributed by atoms with Gasteiger partial charge >= 0.3 is 0 Å². The molecule has 2 rings (SSSR count). The molecule has 1 N–H and O–H groups in total. The molecule has 0 fully saturated rings. The number of thioether (sulfide) groups is 1. The molecule has 25 heavy (non-hydrogen) atoms. The van der Waals surface area contributed by atoms with Crippen molar-refractivity contribution in [2.75, 3.05) is 19.3 Å². The Hall–Kier alpha value is -1.76. The van der Waals surface area contributed by atoms with Crippen molar-refractivity contribution in [3.8, 4) is 0 Å². The molecule has 138 valence electrons. The molecule has 2 aromatic rings. The Morgan fingerprint density at radius 2 is 2.16 bits per heavy atom. The van der Waals surface area contributed by atoms with Crippen LogP contribution in [0.5, 0.6) is 0 Å². The summed E-state index contributed by atoms with van der Waals surface area (Å²) in [5, 5.41) is 0.614. The summed E-state index contributed by atoms with van der Waals surface area (Å²) in [7, 11) is 1.83. The van der Waals surface area contributed by atoms with Crippen LogP contribution in [-0.4, -0.2) is 44.7 Å². The number of nitrogens with one attached hydrogen (secondary N) is 1. The van der Waals surface area contributed by atoms with Crippen molar-refractivity contribution in [1.82, 2.24) is 19.4 Å². The second-order valence-electron chi connectivity index (χ2n) is 6.50. The van der Waals surface area contributed by atoms with Gasteiger partial charge in [-0.25, -0.2) is 4.98 Å². The quantitative estimate of drug-likeness (QED) is 0.576. The van der Waals surface area contributed by atoms with E-state index >= 15 is 0 Å². The number of carbonyl (C=O) groups is 1. The molecule has 0 radical (unpaired) electrons. The van der Waals surface area contributed by atoms with Gasteiger partial charge in [0, 0.05) is 25.3 Å². The van der Waals surface area contributed by atoms with Crippen molar-refractivity contribution in [2.24, 2.45) is 0 Å². The fourth-order valence-corrected chi connectivity index (χ4v) is 3.66. The Morgan fingerprint density at radius 1 is 1.44 bits per heavy atom. The molecule has 0 saturated carbocycles. The molecule has 1 atom stereocenters. The van der Waals surface area contributed by atoms with E-state index in [4.69, 9.17) is 0 Å².